The second kappa shape index (κ2) is 7.02. The van der Waals surface area contributed by atoms with E-state index in [2.05, 4.69) is 9.88 Å². The van der Waals surface area contributed by atoms with Crippen molar-refractivity contribution in [3.8, 4) is 5.75 Å². The molecule has 2 aliphatic heterocycles. The molecule has 0 aliphatic carbocycles. The molecule has 2 aliphatic rings. The van der Waals surface area contributed by atoms with Crippen molar-refractivity contribution < 1.29 is 13.9 Å². The van der Waals surface area contributed by atoms with E-state index in [0.29, 0.717) is 24.4 Å². The van der Waals surface area contributed by atoms with Gasteiger partial charge in [0.1, 0.15) is 17.6 Å². The highest BCUT2D eigenvalue weighted by Crippen LogP contribution is 2.30. The highest BCUT2D eigenvalue weighted by Gasteiger charge is 2.31. The monoisotopic (exact) mass is 355 g/mol. The van der Waals surface area contributed by atoms with E-state index in [4.69, 9.17) is 9.15 Å². The van der Waals surface area contributed by atoms with Crippen LogP contribution in [0.5, 0.6) is 5.75 Å². The fourth-order valence-corrected chi connectivity index (χ4v) is 3.84. The molecule has 0 unspecified atom stereocenters. The summed E-state index contributed by atoms with van der Waals surface area (Å²) in [5.74, 6) is 3.22. The molecule has 2 aromatic heterocycles. The molecular formula is C20H25N3O3. The van der Waals surface area contributed by atoms with E-state index in [0.717, 1.165) is 36.8 Å². The smallest absolute Gasteiger partial charge is 0.257 e. The maximum atomic E-state index is 12.7. The van der Waals surface area contributed by atoms with Gasteiger partial charge < -0.3 is 19.0 Å². The Morgan fingerprint density at radius 2 is 2.08 bits per heavy atom. The third kappa shape index (κ3) is 3.28. The highest BCUT2D eigenvalue weighted by molar-refractivity contribution is 5.95. The molecule has 1 amide bonds. The molecule has 2 fully saturated rings. The van der Waals surface area contributed by atoms with Gasteiger partial charge in [0, 0.05) is 32.3 Å². The van der Waals surface area contributed by atoms with Crippen LogP contribution in [0.25, 0.3) is 0 Å². The van der Waals surface area contributed by atoms with Crippen LogP contribution in [-0.4, -0.2) is 48.1 Å². The maximum absolute atomic E-state index is 12.7. The van der Waals surface area contributed by atoms with E-state index in [1.165, 1.54) is 12.8 Å². The Kier molecular flexibility index (Phi) is 4.57. The normalized spacial score (nSPS) is 20.0. The molecule has 6 heteroatoms. The van der Waals surface area contributed by atoms with Gasteiger partial charge in [-0.25, -0.2) is 4.98 Å². The van der Waals surface area contributed by atoms with Crippen molar-refractivity contribution in [3.63, 3.8) is 0 Å². The predicted molar refractivity (Wildman–Crippen MR) is 98.8 cm³/mol. The number of carbonyl (C=O) groups excluding carboxylic acids is 1. The number of rotatable bonds is 4. The summed E-state index contributed by atoms with van der Waals surface area (Å²) in [6.07, 6.45) is 5.04. The molecule has 0 bridgehead atoms. The number of aromatic nitrogens is 1. The zero-order valence-corrected chi connectivity index (χ0v) is 15.4. The van der Waals surface area contributed by atoms with Crippen LogP contribution in [-0.2, 0) is 0 Å². The van der Waals surface area contributed by atoms with Crippen LogP contribution in [0.4, 0.5) is 5.82 Å². The van der Waals surface area contributed by atoms with Crippen molar-refractivity contribution in [2.24, 2.45) is 0 Å². The minimum atomic E-state index is -0.00203. The lowest BCUT2D eigenvalue weighted by molar-refractivity contribution is 0.0770. The standard InChI is InChI=1S/C20H25N3O3/c1-14-12-17(15(2)25-14)20(24)23-11-7-16(13-23)26-18-6-5-8-21-19(18)22-9-3-4-10-22/h5-6,8,12,16H,3-4,7,9-11,13H2,1-2H3/t16-/m1/s1. The molecule has 2 saturated heterocycles. The molecule has 0 saturated carbocycles. The second-order valence-corrected chi connectivity index (χ2v) is 7.13. The molecule has 0 N–H and O–H groups in total. The zero-order chi connectivity index (χ0) is 18.1. The summed E-state index contributed by atoms with van der Waals surface area (Å²) < 4.78 is 11.7. The van der Waals surface area contributed by atoms with Gasteiger partial charge in [-0.05, 0) is 44.9 Å². The van der Waals surface area contributed by atoms with E-state index in [1.807, 2.05) is 43.1 Å². The van der Waals surface area contributed by atoms with Gasteiger partial charge in [0.25, 0.3) is 5.91 Å². The Labute approximate surface area is 153 Å². The Hall–Kier alpha value is -2.50. The second-order valence-electron chi connectivity index (χ2n) is 7.13. The molecule has 0 radical (unpaired) electrons. The summed E-state index contributed by atoms with van der Waals surface area (Å²) in [7, 11) is 0. The lowest BCUT2D eigenvalue weighted by Crippen LogP contribution is -2.31. The summed E-state index contributed by atoms with van der Waals surface area (Å²) >= 11 is 0. The molecule has 4 rings (SSSR count). The van der Waals surface area contributed by atoms with Crippen molar-refractivity contribution in [1.82, 2.24) is 9.88 Å². The van der Waals surface area contributed by atoms with Crippen LogP contribution in [0.3, 0.4) is 0 Å². The number of anilines is 1. The first-order chi connectivity index (χ1) is 12.6. The fourth-order valence-electron chi connectivity index (χ4n) is 3.84. The van der Waals surface area contributed by atoms with Crippen LogP contribution >= 0.6 is 0 Å². The van der Waals surface area contributed by atoms with Gasteiger partial charge in [0.05, 0.1) is 12.1 Å². The van der Waals surface area contributed by atoms with Crippen molar-refractivity contribution in [3.05, 3.63) is 41.5 Å². The van der Waals surface area contributed by atoms with Crippen molar-refractivity contribution in [2.45, 2.75) is 39.2 Å². The van der Waals surface area contributed by atoms with Gasteiger partial charge in [0.15, 0.2) is 11.6 Å². The Morgan fingerprint density at radius 3 is 2.81 bits per heavy atom. The molecular weight excluding hydrogens is 330 g/mol. The van der Waals surface area contributed by atoms with Gasteiger partial charge in [-0.15, -0.1) is 0 Å². The molecule has 4 heterocycles. The summed E-state index contributed by atoms with van der Waals surface area (Å²) in [6.45, 7) is 7.05. The van der Waals surface area contributed by atoms with Gasteiger partial charge in [0.2, 0.25) is 0 Å². The average Bonchev–Trinajstić information content (AvgIpc) is 3.36. The number of pyridine rings is 1. The quantitative estimate of drug-likeness (QED) is 0.843. The SMILES string of the molecule is Cc1cc(C(=O)N2CC[C@@H](Oc3cccnc3N3CCCC3)C2)c(C)o1. The number of carbonyl (C=O) groups is 1. The van der Waals surface area contributed by atoms with Gasteiger partial charge in [-0.2, -0.15) is 0 Å². The maximum Gasteiger partial charge on any atom is 0.257 e. The van der Waals surface area contributed by atoms with Crippen LogP contribution in [0.15, 0.2) is 28.8 Å². The van der Waals surface area contributed by atoms with Crippen LogP contribution in [0.2, 0.25) is 0 Å². The van der Waals surface area contributed by atoms with Gasteiger partial charge in [-0.1, -0.05) is 0 Å². The lowest BCUT2D eigenvalue weighted by Gasteiger charge is -2.22. The number of likely N-dealkylation sites (tertiary alicyclic amines) is 1. The largest absolute Gasteiger partial charge is 0.485 e. The summed E-state index contributed by atoms with van der Waals surface area (Å²) in [6, 6.07) is 5.71. The third-order valence-corrected chi connectivity index (χ3v) is 5.15. The highest BCUT2D eigenvalue weighted by atomic mass is 16.5. The Morgan fingerprint density at radius 1 is 1.27 bits per heavy atom. The first-order valence-corrected chi connectivity index (χ1v) is 9.35. The number of hydrogen-bond acceptors (Lipinski definition) is 5. The number of aryl methyl sites for hydroxylation is 2. The minimum Gasteiger partial charge on any atom is -0.485 e. The first kappa shape index (κ1) is 16.9. The molecule has 26 heavy (non-hydrogen) atoms. The number of amides is 1. The average molecular weight is 355 g/mol. The molecule has 6 nitrogen and oxygen atoms in total. The van der Waals surface area contributed by atoms with Crippen LogP contribution < -0.4 is 9.64 Å². The third-order valence-electron chi connectivity index (χ3n) is 5.15. The predicted octanol–water partition coefficient (Wildman–Crippen LogP) is 3.19. The van der Waals surface area contributed by atoms with Gasteiger partial charge >= 0.3 is 0 Å². The van der Waals surface area contributed by atoms with E-state index < -0.39 is 0 Å². The molecule has 2 aromatic rings. The number of furan rings is 1. The molecule has 0 spiro atoms. The zero-order valence-electron chi connectivity index (χ0n) is 15.4. The number of ether oxygens (including phenoxy) is 1. The molecule has 0 aromatic carbocycles. The summed E-state index contributed by atoms with van der Waals surface area (Å²) in [5, 5.41) is 0. The van der Waals surface area contributed by atoms with Crippen molar-refractivity contribution in [1.29, 1.82) is 0 Å². The van der Waals surface area contributed by atoms with Gasteiger partial charge in [-0.3, -0.25) is 4.79 Å². The minimum absolute atomic E-state index is 0.00203. The molecule has 1 atom stereocenters. The van der Waals surface area contributed by atoms with E-state index >= 15 is 0 Å². The van der Waals surface area contributed by atoms with Crippen LogP contribution in [0.1, 0.15) is 41.1 Å². The van der Waals surface area contributed by atoms with Crippen molar-refractivity contribution in [2.75, 3.05) is 31.1 Å². The van der Waals surface area contributed by atoms with E-state index in [-0.39, 0.29) is 12.0 Å². The Balaban J connectivity index is 1.43. The lowest BCUT2D eigenvalue weighted by atomic mass is 10.2. The molecule has 138 valence electrons. The first-order valence-electron chi connectivity index (χ1n) is 9.35. The van der Waals surface area contributed by atoms with E-state index in [1.54, 1.807) is 0 Å². The number of hydrogen-bond donors (Lipinski definition) is 0. The summed E-state index contributed by atoms with van der Waals surface area (Å²) in [4.78, 5) is 21.4. The Bertz CT molecular complexity index is 795. The van der Waals surface area contributed by atoms with E-state index in [9.17, 15) is 4.79 Å². The fraction of sp³-hybridized carbons (Fsp3) is 0.500. The number of nitrogens with zero attached hydrogens (tertiary/aromatic N) is 3. The topological polar surface area (TPSA) is 58.8 Å². The van der Waals surface area contributed by atoms with Crippen molar-refractivity contribution >= 4 is 11.7 Å². The summed E-state index contributed by atoms with van der Waals surface area (Å²) in [5.41, 5.74) is 0.655. The van der Waals surface area contributed by atoms with Crippen LogP contribution in [0, 0.1) is 13.8 Å².